The molecule has 9 aromatic carbocycles. The molecule has 0 unspecified atom stereocenters. The minimum absolute atomic E-state index is 0.624. The lowest BCUT2D eigenvalue weighted by molar-refractivity contribution is 1.07. The summed E-state index contributed by atoms with van der Waals surface area (Å²) < 4.78 is 2.37. The summed E-state index contributed by atoms with van der Waals surface area (Å²) >= 11 is 0. The average Bonchev–Trinajstić information content (AvgIpc) is 3.79. The van der Waals surface area contributed by atoms with Crippen LogP contribution in [0.4, 0.5) is 0 Å². The van der Waals surface area contributed by atoms with Crippen molar-refractivity contribution in [3.05, 3.63) is 194 Å². The molecule has 4 heteroatoms. The number of aromatic nitrogens is 4. The van der Waals surface area contributed by atoms with Gasteiger partial charge in [0.25, 0.3) is 0 Å². The highest BCUT2D eigenvalue weighted by Gasteiger charge is 2.26. The first-order valence-corrected chi connectivity index (χ1v) is 19.4. The van der Waals surface area contributed by atoms with Crippen LogP contribution in [0.1, 0.15) is 0 Å². The molecule has 0 saturated heterocycles. The molecule has 2 heterocycles. The summed E-state index contributed by atoms with van der Waals surface area (Å²) in [5.41, 5.74) is 13.4. The number of hydrogen-bond donors (Lipinski definition) is 0. The molecular weight excluding hydrogens is 693 g/mol. The van der Waals surface area contributed by atoms with Gasteiger partial charge in [-0.15, -0.1) is 0 Å². The van der Waals surface area contributed by atoms with Gasteiger partial charge in [0.15, 0.2) is 17.5 Å². The Kier molecular flexibility index (Phi) is 6.89. The number of hydrogen-bond acceptors (Lipinski definition) is 3. The highest BCUT2D eigenvalue weighted by atomic mass is 15.0. The standard InChI is InChI=1S/C53H32N4/c1-3-14-33(15-4-1)44-30-39(31-46-42-25-12-20-34-21-13-26-43(49(34)42)50(44)46)53-55-51(35-16-5-2-6-17-35)54-52(56-53)38-22-11-23-40(28-38)57-47-27-10-9-24-41(47)45-29-36-18-7-8-19-37(36)32-48(45)57/h1-32H. The van der Waals surface area contributed by atoms with E-state index in [-0.39, 0.29) is 0 Å². The first-order chi connectivity index (χ1) is 28.2. The zero-order valence-electron chi connectivity index (χ0n) is 30.8. The van der Waals surface area contributed by atoms with Crippen LogP contribution in [0, 0.1) is 0 Å². The molecule has 11 aromatic rings. The van der Waals surface area contributed by atoms with Crippen LogP contribution in [0.3, 0.4) is 0 Å². The zero-order chi connectivity index (χ0) is 37.5. The Hall–Kier alpha value is -7.69. The Morgan fingerprint density at radius 1 is 0.316 bits per heavy atom. The minimum Gasteiger partial charge on any atom is -0.309 e. The Morgan fingerprint density at radius 2 is 0.895 bits per heavy atom. The first kappa shape index (κ1) is 31.6. The quantitative estimate of drug-likeness (QED) is 0.177. The second-order valence-electron chi connectivity index (χ2n) is 14.8. The van der Waals surface area contributed by atoms with Crippen LogP contribution >= 0.6 is 0 Å². The fourth-order valence-electron chi connectivity index (χ4n) is 8.96. The molecule has 264 valence electrons. The third-order valence-electron chi connectivity index (χ3n) is 11.5. The fourth-order valence-corrected chi connectivity index (χ4v) is 8.96. The normalized spacial score (nSPS) is 11.9. The van der Waals surface area contributed by atoms with Gasteiger partial charge in [-0.05, 0) is 97.4 Å². The van der Waals surface area contributed by atoms with E-state index in [1.54, 1.807) is 0 Å². The number of rotatable bonds is 5. The third-order valence-corrected chi connectivity index (χ3v) is 11.5. The molecular formula is C53H32N4. The fraction of sp³-hybridized carbons (Fsp3) is 0. The van der Waals surface area contributed by atoms with Crippen molar-refractivity contribution in [2.75, 3.05) is 0 Å². The van der Waals surface area contributed by atoms with E-state index in [0.29, 0.717) is 17.5 Å². The van der Waals surface area contributed by atoms with E-state index >= 15 is 0 Å². The number of para-hydroxylation sites is 1. The van der Waals surface area contributed by atoms with Gasteiger partial charge in [-0.3, -0.25) is 0 Å². The molecule has 12 rings (SSSR count). The summed E-state index contributed by atoms with van der Waals surface area (Å²) in [4.78, 5) is 15.7. The maximum Gasteiger partial charge on any atom is 0.164 e. The Morgan fingerprint density at radius 3 is 1.68 bits per heavy atom. The molecule has 0 radical (unpaired) electrons. The molecule has 0 spiro atoms. The van der Waals surface area contributed by atoms with Gasteiger partial charge in [-0.2, -0.15) is 0 Å². The van der Waals surface area contributed by atoms with Crippen LogP contribution in [0.25, 0.3) is 117 Å². The van der Waals surface area contributed by atoms with E-state index in [4.69, 9.17) is 15.0 Å². The number of benzene rings is 9. The molecule has 1 aliphatic carbocycles. The minimum atomic E-state index is 0.624. The van der Waals surface area contributed by atoms with E-state index < -0.39 is 0 Å². The molecule has 0 aliphatic heterocycles. The summed E-state index contributed by atoms with van der Waals surface area (Å²) in [6.45, 7) is 0. The molecule has 57 heavy (non-hydrogen) atoms. The monoisotopic (exact) mass is 724 g/mol. The third kappa shape index (κ3) is 4.98. The molecule has 0 amide bonds. The molecule has 4 nitrogen and oxygen atoms in total. The first-order valence-electron chi connectivity index (χ1n) is 19.4. The number of nitrogens with zero attached hydrogens (tertiary/aromatic N) is 4. The summed E-state index contributed by atoms with van der Waals surface area (Å²) in [5.74, 6) is 1.89. The van der Waals surface area contributed by atoms with E-state index in [9.17, 15) is 0 Å². The van der Waals surface area contributed by atoms with Gasteiger partial charge in [0.05, 0.1) is 11.0 Å². The van der Waals surface area contributed by atoms with Crippen molar-refractivity contribution in [2.45, 2.75) is 0 Å². The van der Waals surface area contributed by atoms with Crippen LogP contribution in [0.15, 0.2) is 194 Å². The van der Waals surface area contributed by atoms with Crippen LogP contribution in [0.2, 0.25) is 0 Å². The highest BCUT2D eigenvalue weighted by Crippen LogP contribution is 2.52. The molecule has 0 atom stereocenters. The van der Waals surface area contributed by atoms with Crippen molar-refractivity contribution in [1.29, 1.82) is 0 Å². The van der Waals surface area contributed by atoms with Crippen molar-refractivity contribution in [3.8, 4) is 73.2 Å². The van der Waals surface area contributed by atoms with Crippen molar-refractivity contribution < 1.29 is 0 Å². The highest BCUT2D eigenvalue weighted by molar-refractivity contribution is 6.19. The van der Waals surface area contributed by atoms with E-state index in [0.717, 1.165) is 44.5 Å². The Labute approximate surface area is 329 Å². The van der Waals surface area contributed by atoms with Gasteiger partial charge in [0.2, 0.25) is 0 Å². The van der Waals surface area contributed by atoms with Gasteiger partial charge in [0.1, 0.15) is 0 Å². The second kappa shape index (κ2) is 12.4. The van der Waals surface area contributed by atoms with Gasteiger partial charge in [-0.1, -0.05) is 152 Å². The molecule has 0 N–H and O–H groups in total. The summed E-state index contributed by atoms with van der Waals surface area (Å²) in [5, 5.41) is 7.43. The molecule has 1 aliphatic rings. The zero-order valence-corrected chi connectivity index (χ0v) is 30.8. The van der Waals surface area contributed by atoms with Crippen LogP contribution in [-0.4, -0.2) is 19.5 Å². The summed E-state index contributed by atoms with van der Waals surface area (Å²) in [6.07, 6.45) is 0. The van der Waals surface area contributed by atoms with Gasteiger partial charge >= 0.3 is 0 Å². The topological polar surface area (TPSA) is 43.6 Å². The average molecular weight is 725 g/mol. The molecule has 0 fully saturated rings. The van der Waals surface area contributed by atoms with Gasteiger partial charge < -0.3 is 4.57 Å². The van der Waals surface area contributed by atoms with Crippen molar-refractivity contribution in [3.63, 3.8) is 0 Å². The van der Waals surface area contributed by atoms with E-state index in [1.807, 2.05) is 18.2 Å². The Balaban J connectivity index is 1.08. The predicted octanol–water partition coefficient (Wildman–Crippen LogP) is 13.6. The lowest BCUT2D eigenvalue weighted by Crippen LogP contribution is -2.01. The van der Waals surface area contributed by atoms with Gasteiger partial charge in [0, 0.05) is 33.2 Å². The van der Waals surface area contributed by atoms with Crippen LogP contribution < -0.4 is 0 Å². The SMILES string of the molecule is c1ccc(-c2nc(-c3cccc(-n4c5ccccc5c5cc6ccccc6cc54)c3)nc(-c3cc(-c4ccccc4)c4c(c3)-c3cccc5cccc-4c35)n2)cc1. The summed E-state index contributed by atoms with van der Waals surface area (Å²) in [6, 6.07) is 69.2. The van der Waals surface area contributed by atoms with Crippen molar-refractivity contribution >= 4 is 43.4 Å². The lowest BCUT2D eigenvalue weighted by Gasteiger charge is -2.15. The molecule has 0 saturated carbocycles. The smallest absolute Gasteiger partial charge is 0.164 e. The Bertz CT molecular complexity index is 3400. The van der Waals surface area contributed by atoms with E-state index in [1.165, 1.54) is 54.6 Å². The van der Waals surface area contributed by atoms with Crippen LogP contribution in [-0.2, 0) is 0 Å². The largest absolute Gasteiger partial charge is 0.309 e. The van der Waals surface area contributed by atoms with Gasteiger partial charge in [-0.25, -0.2) is 15.0 Å². The van der Waals surface area contributed by atoms with Crippen LogP contribution in [0.5, 0.6) is 0 Å². The van der Waals surface area contributed by atoms with Crippen molar-refractivity contribution in [1.82, 2.24) is 19.5 Å². The van der Waals surface area contributed by atoms with E-state index in [2.05, 4.69) is 180 Å². The number of fused-ring (bicyclic) bond motifs is 7. The molecule has 0 bridgehead atoms. The maximum absolute atomic E-state index is 5.31. The van der Waals surface area contributed by atoms with Crippen molar-refractivity contribution in [2.24, 2.45) is 0 Å². The summed E-state index contributed by atoms with van der Waals surface area (Å²) in [7, 11) is 0. The maximum atomic E-state index is 5.31. The predicted molar refractivity (Wildman–Crippen MR) is 235 cm³/mol. The second-order valence-corrected chi connectivity index (χ2v) is 14.8. The lowest BCUT2D eigenvalue weighted by atomic mass is 9.91. The molecule has 2 aromatic heterocycles.